The molecule has 2 aromatic carbocycles. The molecule has 28 heavy (non-hydrogen) atoms. The molecule has 3 rings (SSSR count). The number of hydrogen-bond acceptors (Lipinski definition) is 6. The van der Waals surface area contributed by atoms with E-state index in [1.807, 2.05) is 0 Å². The summed E-state index contributed by atoms with van der Waals surface area (Å²) in [4.78, 5) is 27.1. The van der Waals surface area contributed by atoms with E-state index in [-0.39, 0.29) is 34.7 Å². The fraction of sp³-hybridized carbons (Fsp3) is 0.105. The molecule has 9 heteroatoms. The van der Waals surface area contributed by atoms with Crippen molar-refractivity contribution < 1.29 is 28.2 Å². The van der Waals surface area contributed by atoms with Gasteiger partial charge in [-0.3, -0.25) is 4.79 Å². The number of rotatable bonds is 6. The van der Waals surface area contributed by atoms with E-state index in [1.54, 1.807) is 6.07 Å². The number of carbonyl (C=O) groups excluding carboxylic acids is 2. The zero-order chi connectivity index (χ0) is 20.3. The lowest BCUT2D eigenvalue weighted by Crippen LogP contribution is -2.20. The number of halogens is 2. The lowest BCUT2D eigenvalue weighted by atomic mass is 10.1. The first-order valence-electron chi connectivity index (χ1n) is 7.94. The van der Waals surface area contributed by atoms with Crippen LogP contribution in [0.3, 0.4) is 0 Å². The van der Waals surface area contributed by atoms with Crippen LogP contribution in [0, 0.1) is 5.82 Å². The average molecular weight is 405 g/mol. The van der Waals surface area contributed by atoms with Crippen LogP contribution in [-0.4, -0.2) is 31.5 Å². The van der Waals surface area contributed by atoms with Gasteiger partial charge in [0.05, 0.1) is 12.1 Å². The molecule has 2 N–H and O–H groups in total. The van der Waals surface area contributed by atoms with Crippen LogP contribution in [0.15, 0.2) is 47.1 Å². The summed E-state index contributed by atoms with van der Waals surface area (Å²) in [6, 6.07) is 8.44. The van der Waals surface area contributed by atoms with E-state index >= 15 is 0 Å². The maximum atomic E-state index is 13.0. The Kier molecular flexibility index (Phi) is 5.60. The number of aliphatic imine (C=N–C) groups is 1. The van der Waals surface area contributed by atoms with Crippen LogP contribution in [0.5, 0.6) is 11.5 Å². The van der Waals surface area contributed by atoms with Crippen LogP contribution in [0.4, 0.5) is 4.39 Å². The predicted octanol–water partition coefficient (Wildman–Crippen LogP) is 2.70. The van der Waals surface area contributed by atoms with E-state index in [0.29, 0.717) is 11.1 Å². The normalized spacial score (nSPS) is 14.6. The molecule has 0 bridgehead atoms. The van der Waals surface area contributed by atoms with Crippen molar-refractivity contribution in [1.29, 1.82) is 0 Å². The quantitative estimate of drug-likeness (QED) is 0.589. The van der Waals surface area contributed by atoms with E-state index in [1.165, 1.54) is 43.5 Å². The number of nitrogens with zero attached hydrogens (tertiary/aromatic N) is 1. The summed E-state index contributed by atoms with van der Waals surface area (Å²) in [5.74, 6) is -1.28. The minimum atomic E-state index is -0.666. The van der Waals surface area contributed by atoms with Crippen molar-refractivity contribution in [2.24, 2.45) is 10.7 Å². The molecule has 0 saturated heterocycles. The van der Waals surface area contributed by atoms with Crippen molar-refractivity contribution in [3.63, 3.8) is 0 Å². The first-order chi connectivity index (χ1) is 13.4. The van der Waals surface area contributed by atoms with Crippen LogP contribution < -0.4 is 15.2 Å². The molecule has 1 amide bonds. The maximum absolute atomic E-state index is 13.0. The zero-order valence-corrected chi connectivity index (χ0v) is 15.3. The number of hydrogen-bond donors (Lipinski definition) is 1. The van der Waals surface area contributed by atoms with E-state index < -0.39 is 17.7 Å². The molecule has 0 radical (unpaired) electrons. The Morgan fingerprint density at radius 3 is 2.68 bits per heavy atom. The molecule has 2 aromatic rings. The third-order valence-electron chi connectivity index (χ3n) is 3.63. The molecule has 0 spiro atoms. The molecule has 0 atom stereocenters. The summed E-state index contributed by atoms with van der Waals surface area (Å²) >= 11 is 6.18. The van der Waals surface area contributed by atoms with Gasteiger partial charge < -0.3 is 19.9 Å². The van der Waals surface area contributed by atoms with Crippen molar-refractivity contribution in [1.82, 2.24) is 0 Å². The highest BCUT2D eigenvalue weighted by atomic mass is 35.5. The topological polar surface area (TPSA) is 100 Å². The summed E-state index contributed by atoms with van der Waals surface area (Å²) in [6.45, 7) is -0.367. The van der Waals surface area contributed by atoms with E-state index in [4.69, 9.17) is 31.5 Å². The minimum Gasteiger partial charge on any atom is -0.493 e. The van der Waals surface area contributed by atoms with E-state index in [9.17, 15) is 14.0 Å². The summed E-state index contributed by atoms with van der Waals surface area (Å²) in [7, 11) is 1.40. The van der Waals surface area contributed by atoms with Gasteiger partial charge in [0.25, 0.3) is 5.91 Å². The van der Waals surface area contributed by atoms with Crippen LogP contribution >= 0.6 is 11.6 Å². The second-order valence-corrected chi connectivity index (χ2v) is 6.04. The van der Waals surface area contributed by atoms with Crippen LogP contribution in [0.1, 0.15) is 11.1 Å². The molecule has 1 heterocycles. The molecule has 0 saturated carbocycles. The van der Waals surface area contributed by atoms with E-state index in [0.717, 1.165) is 0 Å². The smallest absolute Gasteiger partial charge is 0.363 e. The second kappa shape index (κ2) is 8.10. The van der Waals surface area contributed by atoms with Gasteiger partial charge in [0, 0.05) is 5.56 Å². The third kappa shape index (κ3) is 4.29. The molecule has 144 valence electrons. The zero-order valence-electron chi connectivity index (χ0n) is 14.6. The van der Waals surface area contributed by atoms with Crippen LogP contribution in [0.2, 0.25) is 5.02 Å². The van der Waals surface area contributed by atoms with Crippen LogP contribution in [-0.2, 0) is 14.3 Å². The highest BCUT2D eigenvalue weighted by molar-refractivity contribution is 6.32. The lowest BCUT2D eigenvalue weighted by Gasteiger charge is -2.12. The molecular formula is C19H14ClFN2O5. The largest absolute Gasteiger partial charge is 0.493 e. The fourth-order valence-electron chi connectivity index (χ4n) is 2.39. The van der Waals surface area contributed by atoms with Gasteiger partial charge in [-0.1, -0.05) is 11.6 Å². The Labute approximate surface area is 164 Å². The maximum Gasteiger partial charge on any atom is 0.363 e. The Balaban J connectivity index is 1.91. The summed E-state index contributed by atoms with van der Waals surface area (Å²) < 4.78 is 28.6. The second-order valence-electron chi connectivity index (χ2n) is 5.63. The molecule has 0 aromatic heterocycles. The minimum absolute atomic E-state index is 0.0308. The molecule has 7 nitrogen and oxygen atoms in total. The Morgan fingerprint density at radius 1 is 1.32 bits per heavy atom. The van der Waals surface area contributed by atoms with Crippen molar-refractivity contribution in [2.45, 2.75) is 0 Å². The third-order valence-corrected chi connectivity index (χ3v) is 3.91. The highest BCUT2D eigenvalue weighted by Crippen LogP contribution is 2.37. The summed E-state index contributed by atoms with van der Waals surface area (Å²) in [6.07, 6.45) is 1.45. The monoisotopic (exact) mass is 404 g/mol. The summed E-state index contributed by atoms with van der Waals surface area (Å²) in [5, 5.41) is 0.154. The number of cyclic esters (lactones) is 1. The Morgan fingerprint density at radius 2 is 2.04 bits per heavy atom. The first-order valence-corrected chi connectivity index (χ1v) is 8.32. The number of nitrogens with two attached hydrogens (primary N) is 1. The molecule has 1 aliphatic heterocycles. The number of methoxy groups -OCH3 is 1. The van der Waals surface area contributed by atoms with Gasteiger partial charge in [-0.15, -0.1) is 0 Å². The van der Waals surface area contributed by atoms with Gasteiger partial charge in [-0.05, 0) is 48.0 Å². The van der Waals surface area contributed by atoms with Gasteiger partial charge >= 0.3 is 5.97 Å². The highest BCUT2D eigenvalue weighted by Gasteiger charge is 2.24. The molecular weight excluding hydrogens is 391 g/mol. The number of esters is 1. The molecule has 0 aliphatic carbocycles. The van der Waals surface area contributed by atoms with Gasteiger partial charge in [-0.25, -0.2) is 14.2 Å². The number of amides is 1. The lowest BCUT2D eigenvalue weighted by molar-refractivity contribution is -0.130. The SMILES string of the molecule is COc1cc(C=C2N=C(c3ccc(F)cc3)OC2=O)cc(Cl)c1OCC(N)=O. The van der Waals surface area contributed by atoms with Gasteiger partial charge in [0.15, 0.2) is 23.8 Å². The van der Waals surface area contributed by atoms with Gasteiger partial charge in [-0.2, -0.15) is 0 Å². The number of primary amides is 1. The predicted molar refractivity (Wildman–Crippen MR) is 99.7 cm³/mol. The average Bonchev–Trinajstić information content (AvgIpc) is 3.01. The van der Waals surface area contributed by atoms with E-state index in [2.05, 4.69) is 4.99 Å². The Bertz CT molecular complexity index is 1000. The van der Waals surface area contributed by atoms with Crippen molar-refractivity contribution >= 4 is 35.5 Å². The number of ether oxygens (including phenoxy) is 3. The summed E-state index contributed by atoms with van der Waals surface area (Å²) in [5.41, 5.74) is 6.04. The number of benzene rings is 2. The van der Waals surface area contributed by atoms with Crippen molar-refractivity contribution in [2.75, 3.05) is 13.7 Å². The van der Waals surface area contributed by atoms with Crippen molar-refractivity contribution in [3.8, 4) is 11.5 Å². The molecule has 0 unspecified atom stereocenters. The molecule has 1 aliphatic rings. The first kappa shape index (κ1) is 19.4. The van der Waals surface area contributed by atoms with Gasteiger partial charge in [0.2, 0.25) is 5.90 Å². The molecule has 0 fully saturated rings. The van der Waals surface area contributed by atoms with Crippen LogP contribution in [0.25, 0.3) is 6.08 Å². The Hall–Kier alpha value is -3.39. The number of carbonyl (C=O) groups is 2. The standard InChI is InChI=1S/C19H14ClFN2O5/c1-26-15-8-10(6-13(20)17(15)27-9-16(22)24)7-14-19(25)28-18(23-14)11-2-4-12(21)5-3-11/h2-8H,9H2,1H3,(H2,22,24). The van der Waals surface area contributed by atoms with Gasteiger partial charge in [0.1, 0.15) is 5.82 Å². The van der Waals surface area contributed by atoms with Crippen molar-refractivity contribution in [3.05, 3.63) is 64.1 Å². The fourth-order valence-corrected chi connectivity index (χ4v) is 2.66.